The minimum Gasteiger partial charge on any atom is -0.548 e. The number of benzene rings is 1. The van der Waals surface area contributed by atoms with Gasteiger partial charge in [-0.2, -0.15) is 0 Å². The van der Waals surface area contributed by atoms with E-state index in [2.05, 4.69) is 16.7 Å². The van der Waals surface area contributed by atoms with Crippen LogP contribution in [-0.2, 0) is 11.2 Å². The summed E-state index contributed by atoms with van der Waals surface area (Å²) in [5, 5.41) is 16.4. The second kappa shape index (κ2) is 6.61. The number of carboxylic acids is 1. The van der Waals surface area contributed by atoms with Crippen molar-refractivity contribution in [2.45, 2.75) is 45.2 Å². The Labute approximate surface area is 124 Å². The molecule has 0 aliphatic heterocycles. The number of nitrogens with one attached hydrogen (secondary N) is 2. The fraction of sp³-hybridized carbons (Fsp3) is 0.500. The molecular weight excluding hydrogens is 268 g/mol. The van der Waals surface area contributed by atoms with Gasteiger partial charge in [-0.15, -0.1) is 0 Å². The summed E-state index contributed by atoms with van der Waals surface area (Å²) in [6, 6.07) is 6.52. The van der Waals surface area contributed by atoms with Gasteiger partial charge in [-0.1, -0.05) is 38.1 Å². The molecule has 0 aromatic heterocycles. The molecule has 1 aromatic carbocycles. The Kier molecular flexibility index (Phi) is 4.83. The van der Waals surface area contributed by atoms with Gasteiger partial charge >= 0.3 is 6.03 Å². The number of carbonyl (C=O) groups is 2. The quantitative estimate of drug-likeness (QED) is 0.872. The molecule has 114 valence electrons. The number of fused-ring (bicyclic) bond motifs is 1. The molecule has 1 aliphatic rings. The molecule has 2 N–H and O–H groups in total. The number of aliphatic carboxylic acids is 1. The Morgan fingerprint density at radius 2 is 2.00 bits per heavy atom. The average Bonchev–Trinajstić information content (AvgIpc) is 2.44. The minimum absolute atomic E-state index is 0.0653. The molecule has 5 nitrogen and oxygen atoms in total. The van der Waals surface area contributed by atoms with Crippen molar-refractivity contribution in [2.75, 3.05) is 0 Å². The molecule has 0 saturated carbocycles. The molecular formula is C16H21N2O3-. The number of hydrogen-bond donors (Lipinski definition) is 2. The molecule has 1 aromatic rings. The molecule has 1 aliphatic carbocycles. The smallest absolute Gasteiger partial charge is 0.315 e. The van der Waals surface area contributed by atoms with Crippen molar-refractivity contribution >= 4 is 12.0 Å². The summed E-state index contributed by atoms with van der Waals surface area (Å²) in [7, 11) is 0. The van der Waals surface area contributed by atoms with E-state index in [0.717, 1.165) is 24.8 Å². The maximum Gasteiger partial charge on any atom is 0.315 e. The largest absolute Gasteiger partial charge is 0.548 e. The van der Waals surface area contributed by atoms with Crippen molar-refractivity contribution in [3.05, 3.63) is 35.4 Å². The second-order valence-electron chi connectivity index (χ2n) is 5.80. The van der Waals surface area contributed by atoms with E-state index in [1.54, 1.807) is 13.8 Å². The highest BCUT2D eigenvalue weighted by Crippen LogP contribution is 2.29. The van der Waals surface area contributed by atoms with Crippen LogP contribution in [0.5, 0.6) is 0 Å². The van der Waals surface area contributed by atoms with E-state index in [4.69, 9.17) is 0 Å². The molecule has 0 radical (unpaired) electrons. The molecule has 0 heterocycles. The third kappa shape index (κ3) is 3.74. The van der Waals surface area contributed by atoms with Gasteiger partial charge in [0.25, 0.3) is 0 Å². The van der Waals surface area contributed by atoms with Gasteiger partial charge in [0, 0.05) is 0 Å². The van der Waals surface area contributed by atoms with E-state index in [1.807, 2.05) is 18.2 Å². The number of carbonyl (C=O) groups excluding carboxylic acids is 2. The fourth-order valence-electron chi connectivity index (χ4n) is 2.74. The van der Waals surface area contributed by atoms with Gasteiger partial charge in [-0.25, -0.2) is 4.79 Å². The predicted molar refractivity (Wildman–Crippen MR) is 77.4 cm³/mol. The summed E-state index contributed by atoms with van der Waals surface area (Å²) in [6.45, 7) is 3.47. The standard InChI is InChI=1S/C16H22N2O3/c1-10(2)14(15(19)20)18-16(21)17-13-9-5-7-11-6-3-4-8-12(11)13/h3-4,6,8,10,13-14H,5,7,9H2,1-2H3,(H,19,20)(H2,17,18,21)/p-1/t13-,14-/m0/s1. The highest BCUT2D eigenvalue weighted by Gasteiger charge is 2.23. The number of aryl methyl sites for hydroxylation is 1. The molecule has 0 fully saturated rings. The van der Waals surface area contributed by atoms with E-state index in [-0.39, 0.29) is 12.0 Å². The van der Waals surface area contributed by atoms with E-state index in [1.165, 1.54) is 5.56 Å². The topological polar surface area (TPSA) is 81.3 Å². The lowest BCUT2D eigenvalue weighted by Crippen LogP contribution is -2.54. The summed E-state index contributed by atoms with van der Waals surface area (Å²) in [4.78, 5) is 23.0. The van der Waals surface area contributed by atoms with Crippen LogP contribution in [-0.4, -0.2) is 18.0 Å². The Morgan fingerprint density at radius 1 is 1.29 bits per heavy atom. The van der Waals surface area contributed by atoms with Crippen molar-refractivity contribution in [3.63, 3.8) is 0 Å². The maximum absolute atomic E-state index is 12.0. The van der Waals surface area contributed by atoms with Crippen LogP contribution >= 0.6 is 0 Å². The summed E-state index contributed by atoms with van der Waals surface area (Å²) < 4.78 is 0. The van der Waals surface area contributed by atoms with E-state index < -0.39 is 18.0 Å². The highest BCUT2D eigenvalue weighted by molar-refractivity contribution is 5.82. The summed E-state index contributed by atoms with van der Waals surface area (Å²) >= 11 is 0. The normalized spacial score (nSPS) is 18.7. The first kappa shape index (κ1) is 15.4. The first-order valence-corrected chi connectivity index (χ1v) is 7.34. The van der Waals surface area contributed by atoms with Gasteiger partial charge in [-0.3, -0.25) is 0 Å². The highest BCUT2D eigenvalue weighted by atomic mass is 16.4. The van der Waals surface area contributed by atoms with Crippen LogP contribution in [0.4, 0.5) is 4.79 Å². The first-order chi connectivity index (χ1) is 9.99. The van der Waals surface area contributed by atoms with Gasteiger partial charge in [0.05, 0.1) is 18.1 Å². The summed E-state index contributed by atoms with van der Waals surface area (Å²) in [6.07, 6.45) is 2.89. The van der Waals surface area contributed by atoms with Crippen LogP contribution in [0.2, 0.25) is 0 Å². The number of carboxylic acid groups (broad SMARTS) is 1. The zero-order valence-corrected chi connectivity index (χ0v) is 12.4. The van der Waals surface area contributed by atoms with Crippen LogP contribution in [0.3, 0.4) is 0 Å². The van der Waals surface area contributed by atoms with Gasteiger partial charge in [0.15, 0.2) is 0 Å². The predicted octanol–water partition coefficient (Wildman–Crippen LogP) is 1.14. The maximum atomic E-state index is 12.0. The number of rotatable bonds is 4. The molecule has 5 heteroatoms. The lowest BCUT2D eigenvalue weighted by molar-refractivity contribution is -0.309. The molecule has 21 heavy (non-hydrogen) atoms. The summed E-state index contributed by atoms with van der Waals surface area (Å²) in [5.74, 6) is -1.48. The second-order valence-corrected chi connectivity index (χ2v) is 5.80. The van der Waals surface area contributed by atoms with Crippen LogP contribution in [0.15, 0.2) is 24.3 Å². The Balaban J connectivity index is 2.02. The van der Waals surface area contributed by atoms with Crippen LogP contribution in [0.1, 0.15) is 43.9 Å². The van der Waals surface area contributed by atoms with Gasteiger partial charge < -0.3 is 20.5 Å². The van der Waals surface area contributed by atoms with Crippen molar-refractivity contribution in [3.8, 4) is 0 Å². The van der Waals surface area contributed by atoms with Crippen molar-refractivity contribution < 1.29 is 14.7 Å². The van der Waals surface area contributed by atoms with Crippen molar-refractivity contribution in [1.29, 1.82) is 0 Å². The van der Waals surface area contributed by atoms with Crippen LogP contribution in [0.25, 0.3) is 0 Å². The van der Waals surface area contributed by atoms with Crippen LogP contribution < -0.4 is 15.7 Å². The molecule has 2 amide bonds. The van der Waals surface area contributed by atoms with Crippen molar-refractivity contribution in [1.82, 2.24) is 10.6 Å². The van der Waals surface area contributed by atoms with E-state index in [0.29, 0.717) is 0 Å². The van der Waals surface area contributed by atoms with Gasteiger partial charge in [0.1, 0.15) is 0 Å². The monoisotopic (exact) mass is 289 g/mol. The first-order valence-electron chi connectivity index (χ1n) is 7.34. The fourth-order valence-corrected chi connectivity index (χ4v) is 2.74. The minimum atomic E-state index is -1.26. The lowest BCUT2D eigenvalue weighted by Gasteiger charge is -2.29. The molecule has 0 bridgehead atoms. The molecule has 0 unspecified atom stereocenters. The Morgan fingerprint density at radius 3 is 2.67 bits per heavy atom. The van der Waals surface area contributed by atoms with Gasteiger partial charge in [0.2, 0.25) is 0 Å². The van der Waals surface area contributed by atoms with Crippen LogP contribution in [0, 0.1) is 5.92 Å². The Bertz CT molecular complexity index is 528. The summed E-state index contributed by atoms with van der Waals surface area (Å²) in [5.41, 5.74) is 2.36. The number of hydrogen-bond acceptors (Lipinski definition) is 3. The van der Waals surface area contributed by atoms with E-state index >= 15 is 0 Å². The zero-order chi connectivity index (χ0) is 15.4. The molecule has 2 atom stereocenters. The Hall–Kier alpha value is -2.04. The van der Waals surface area contributed by atoms with Crippen molar-refractivity contribution in [2.24, 2.45) is 5.92 Å². The average molecular weight is 289 g/mol. The third-order valence-corrected chi connectivity index (χ3v) is 3.88. The zero-order valence-electron chi connectivity index (χ0n) is 12.4. The molecule has 2 rings (SSSR count). The number of amides is 2. The SMILES string of the molecule is CC(C)[C@H](NC(=O)N[C@H]1CCCc2ccccc21)C(=O)[O-]. The lowest BCUT2D eigenvalue weighted by atomic mass is 9.88. The molecule has 0 spiro atoms. The third-order valence-electron chi connectivity index (χ3n) is 3.88. The number of urea groups is 1. The van der Waals surface area contributed by atoms with E-state index in [9.17, 15) is 14.7 Å². The van der Waals surface area contributed by atoms with Gasteiger partial charge in [-0.05, 0) is 36.3 Å². The molecule has 0 saturated heterocycles.